The third-order valence-corrected chi connectivity index (χ3v) is 3.75. The number of nitrogens with two attached hydrogens (primary N) is 1. The maximum atomic E-state index is 12.2. The van der Waals surface area contributed by atoms with Gasteiger partial charge in [-0.15, -0.1) is 0 Å². The molecule has 3 heterocycles. The third-order valence-electron chi connectivity index (χ3n) is 3.75. The Kier molecular flexibility index (Phi) is 4.23. The number of hydrogen-bond donors (Lipinski definition) is 3. The number of H-pyrrole nitrogens is 1. The van der Waals surface area contributed by atoms with Crippen LogP contribution in [0.2, 0.25) is 0 Å². The number of carbonyl (C=O) groups is 2. The Morgan fingerprint density at radius 1 is 1.38 bits per heavy atom. The number of nitrogens with zero attached hydrogens (tertiary/aromatic N) is 3. The van der Waals surface area contributed by atoms with Gasteiger partial charge in [-0.25, -0.2) is 9.78 Å². The van der Waals surface area contributed by atoms with Crippen LogP contribution >= 0.6 is 0 Å². The number of fused-ring (bicyclic) bond motifs is 1. The molecule has 0 fully saturated rings. The molecule has 24 heavy (non-hydrogen) atoms. The quantitative estimate of drug-likeness (QED) is 0.690. The summed E-state index contributed by atoms with van der Waals surface area (Å²) in [5.41, 5.74) is 6.41. The number of hydrogen-bond acceptors (Lipinski definition) is 5. The van der Waals surface area contributed by atoms with Crippen LogP contribution in [0.5, 0.6) is 0 Å². The van der Waals surface area contributed by atoms with E-state index >= 15 is 0 Å². The normalized spacial score (nSPS) is 13.2. The summed E-state index contributed by atoms with van der Waals surface area (Å²) in [4.78, 5) is 47.9. The predicted octanol–water partition coefficient (Wildman–Crippen LogP) is -0.615. The van der Waals surface area contributed by atoms with Gasteiger partial charge in [-0.1, -0.05) is 6.07 Å². The fraction of sp³-hybridized carbons (Fsp3) is 0.267. The van der Waals surface area contributed by atoms with Crippen molar-refractivity contribution < 1.29 is 9.59 Å². The summed E-state index contributed by atoms with van der Waals surface area (Å²) in [7, 11) is 0. The van der Waals surface area contributed by atoms with Crippen LogP contribution in [-0.2, 0) is 17.8 Å². The molecule has 0 bridgehead atoms. The molecule has 1 aliphatic rings. The largest absolute Gasteiger partial charge is 0.352 e. The minimum Gasteiger partial charge on any atom is -0.352 e. The fourth-order valence-corrected chi connectivity index (χ4v) is 2.55. The molecule has 0 unspecified atom stereocenters. The molecule has 0 aliphatic carbocycles. The van der Waals surface area contributed by atoms with E-state index in [1.807, 2.05) is 0 Å². The molecule has 1 aliphatic heterocycles. The Morgan fingerprint density at radius 3 is 2.92 bits per heavy atom. The second-order valence-electron chi connectivity index (χ2n) is 5.34. The van der Waals surface area contributed by atoms with Crippen molar-refractivity contribution in [2.75, 3.05) is 13.1 Å². The van der Waals surface area contributed by atoms with Crippen molar-refractivity contribution in [2.45, 2.75) is 13.0 Å². The number of primary amides is 1. The number of nitrogens with one attached hydrogen (secondary N) is 2. The third kappa shape index (κ3) is 3.24. The van der Waals surface area contributed by atoms with Crippen LogP contribution in [0.3, 0.4) is 0 Å². The van der Waals surface area contributed by atoms with Gasteiger partial charge in [-0.05, 0) is 18.6 Å². The van der Waals surface area contributed by atoms with Gasteiger partial charge in [0.05, 0.1) is 18.8 Å². The van der Waals surface area contributed by atoms with Gasteiger partial charge in [0.1, 0.15) is 5.69 Å². The van der Waals surface area contributed by atoms with E-state index in [0.717, 1.165) is 0 Å². The number of rotatable bonds is 3. The first kappa shape index (κ1) is 15.7. The number of carbonyl (C=O) groups excluding carboxylic acids is 2. The number of aromatic nitrogens is 3. The number of urea groups is 1. The van der Waals surface area contributed by atoms with Gasteiger partial charge in [-0.2, -0.15) is 0 Å². The van der Waals surface area contributed by atoms with E-state index in [1.54, 1.807) is 24.4 Å². The standard InChI is InChI=1S/C15H16N6O3/c16-15(24)18-7-12(22)21-6-4-9-11(8-21)19-13(20-14(9)23)10-3-1-2-5-17-10/h1-3,5H,4,6-8H2,(H3,16,18,24)(H,19,20,23). The van der Waals surface area contributed by atoms with Crippen molar-refractivity contribution in [1.29, 1.82) is 0 Å². The van der Waals surface area contributed by atoms with E-state index in [9.17, 15) is 14.4 Å². The first-order valence-electron chi connectivity index (χ1n) is 7.39. The second-order valence-corrected chi connectivity index (χ2v) is 5.34. The molecule has 3 amide bonds. The zero-order valence-electron chi connectivity index (χ0n) is 12.8. The van der Waals surface area contributed by atoms with Crippen LogP contribution in [0.25, 0.3) is 11.5 Å². The van der Waals surface area contributed by atoms with Gasteiger partial charge in [0.25, 0.3) is 5.56 Å². The molecule has 9 heteroatoms. The van der Waals surface area contributed by atoms with E-state index in [-0.39, 0.29) is 24.6 Å². The summed E-state index contributed by atoms with van der Waals surface area (Å²) >= 11 is 0. The highest BCUT2D eigenvalue weighted by molar-refractivity contribution is 5.83. The highest BCUT2D eigenvalue weighted by atomic mass is 16.2. The Bertz CT molecular complexity index is 833. The van der Waals surface area contributed by atoms with Crippen LogP contribution in [0, 0.1) is 0 Å². The number of pyridine rings is 1. The smallest absolute Gasteiger partial charge is 0.312 e. The average Bonchev–Trinajstić information content (AvgIpc) is 2.59. The summed E-state index contributed by atoms with van der Waals surface area (Å²) in [5.74, 6) is 0.0878. The molecule has 0 spiro atoms. The summed E-state index contributed by atoms with van der Waals surface area (Å²) in [6.45, 7) is 0.416. The molecule has 3 rings (SSSR count). The zero-order chi connectivity index (χ0) is 17.1. The maximum Gasteiger partial charge on any atom is 0.312 e. The summed E-state index contributed by atoms with van der Waals surface area (Å²) < 4.78 is 0. The van der Waals surface area contributed by atoms with Crippen molar-refractivity contribution in [1.82, 2.24) is 25.2 Å². The monoisotopic (exact) mass is 328 g/mol. The summed E-state index contributed by atoms with van der Waals surface area (Å²) in [6.07, 6.45) is 2.02. The SMILES string of the molecule is NC(=O)NCC(=O)N1CCc2c(nc(-c3ccccn3)[nH]c2=O)C1. The predicted molar refractivity (Wildman–Crippen MR) is 84.8 cm³/mol. The van der Waals surface area contributed by atoms with Gasteiger partial charge in [0.15, 0.2) is 5.82 Å². The Balaban J connectivity index is 1.85. The topological polar surface area (TPSA) is 134 Å². The molecular formula is C15H16N6O3. The molecule has 2 aromatic heterocycles. The van der Waals surface area contributed by atoms with Gasteiger partial charge < -0.3 is 20.9 Å². The van der Waals surface area contributed by atoms with Crippen molar-refractivity contribution in [3.8, 4) is 11.5 Å². The lowest BCUT2D eigenvalue weighted by Crippen LogP contribution is -2.45. The van der Waals surface area contributed by atoms with E-state index in [0.29, 0.717) is 35.7 Å². The van der Waals surface area contributed by atoms with E-state index in [1.165, 1.54) is 4.90 Å². The number of amides is 3. The van der Waals surface area contributed by atoms with Crippen molar-refractivity contribution >= 4 is 11.9 Å². The lowest BCUT2D eigenvalue weighted by Gasteiger charge is -2.27. The molecule has 4 N–H and O–H groups in total. The van der Waals surface area contributed by atoms with Crippen molar-refractivity contribution in [3.05, 3.63) is 46.0 Å². The molecule has 0 saturated heterocycles. The number of aromatic amines is 1. The molecule has 0 saturated carbocycles. The average molecular weight is 328 g/mol. The molecule has 0 aromatic carbocycles. The first-order valence-corrected chi connectivity index (χ1v) is 7.39. The van der Waals surface area contributed by atoms with Crippen molar-refractivity contribution in [3.63, 3.8) is 0 Å². The van der Waals surface area contributed by atoms with Gasteiger partial charge in [-0.3, -0.25) is 14.6 Å². The highest BCUT2D eigenvalue weighted by Gasteiger charge is 2.24. The van der Waals surface area contributed by atoms with Gasteiger partial charge >= 0.3 is 6.03 Å². The molecule has 2 aromatic rings. The minimum absolute atomic E-state index is 0.180. The maximum absolute atomic E-state index is 12.2. The lowest BCUT2D eigenvalue weighted by atomic mass is 10.1. The van der Waals surface area contributed by atoms with Crippen LogP contribution < -0.4 is 16.6 Å². The molecule has 0 radical (unpaired) electrons. The molecule has 0 atom stereocenters. The van der Waals surface area contributed by atoms with E-state index in [2.05, 4.69) is 20.3 Å². The van der Waals surface area contributed by atoms with E-state index in [4.69, 9.17) is 5.73 Å². The van der Waals surface area contributed by atoms with Crippen LogP contribution in [-0.4, -0.2) is 44.9 Å². The molecular weight excluding hydrogens is 312 g/mol. The Morgan fingerprint density at radius 2 is 2.21 bits per heavy atom. The van der Waals surface area contributed by atoms with E-state index < -0.39 is 6.03 Å². The Labute approximate surface area is 136 Å². The van der Waals surface area contributed by atoms with Crippen LogP contribution in [0.15, 0.2) is 29.2 Å². The second kappa shape index (κ2) is 6.49. The lowest BCUT2D eigenvalue weighted by molar-refractivity contribution is -0.131. The summed E-state index contributed by atoms with van der Waals surface area (Å²) in [6, 6.07) is 4.56. The summed E-state index contributed by atoms with van der Waals surface area (Å²) in [5, 5.41) is 2.26. The minimum atomic E-state index is -0.757. The Hall–Kier alpha value is -3.23. The molecule has 9 nitrogen and oxygen atoms in total. The van der Waals surface area contributed by atoms with Gasteiger partial charge in [0.2, 0.25) is 5.91 Å². The first-order chi connectivity index (χ1) is 11.5. The van der Waals surface area contributed by atoms with Crippen molar-refractivity contribution in [2.24, 2.45) is 5.73 Å². The van der Waals surface area contributed by atoms with Gasteiger partial charge in [0, 0.05) is 18.3 Å². The van der Waals surface area contributed by atoms with Crippen LogP contribution in [0.4, 0.5) is 4.79 Å². The van der Waals surface area contributed by atoms with Crippen LogP contribution in [0.1, 0.15) is 11.3 Å². The molecule has 124 valence electrons. The fourth-order valence-electron chi connectivity index (χ4n) is 2.55. The highest BCUT2D eigenvalue weighted by Crippen LogP contribution is 2.17. The zero-order valence-corrected chi connectivity index (χ0v) is 12.8.